The Morgan fingerprint density at radius 1 is 1.32 bits per heavy atom. The molecule has 2 aromatic rings. The number of amides is 1. The summed E-state index contributed by atoms with van der Waals surface area (Å²) in [5, 5.41) is 3.96. The molecule has 132 valence electrons. The van der Waals surface area contributed by atoms with E-state index in [1.807, 2.05) is 43.3 Å². The number of ether oxygens (including phenoxy) is 1. The Labute approximate surface area is 170 Å². The summed E-state index contributed by atoms with van der Waals surface area (Å²) in [5.41, 5.74) is 5.54. The Bertz CT molecular complexity index is 774. The maximum Gasteiger partial charge on any atom is 0.277 e. The summed E-state index contributed by atoms with van der Waals surface area (Å²) < 4.78 is 7.89. The van der Waals surface area contributed by atoms with Gasteiger partial charge in [-0.15, -0.1) is 0 Å². The van der Waals surface area contributed by atoms with Gasteiger partial charge in [0.15, 0.2) is 6.61 Å². The first kappa shape index (κ1) is 19.9. The number of aryl methyl sites for hydroxylation is 1. The van der Waals surface area contributed by atoms with Gasteiger partial charge >= 0.3 is 0 Å². The molecule has 25 heavy (non-hydrogen) atoms. The fourth-order valence-corrected chi connectivity index (χ4v) is 2.87. The van der Waals surface area contributed by atoms with Gasteiger partial charge in [-0.25, -0.2) is 5.43 Å². The zero-order valence-electron chi connectivity index (χ0n) is 14.3. The lowest BCUT2D eigenvalue weighted by Gasteiger charge is -2.15. The molecule has 2 rings (SSSR count). The van der Waals surface area contributed by atoms with E-state index in [0.29, 0.717) is 5.92 Å². The van der Waals surface area contributed by atoms with Crippen molar-refractivity contribution in [3.05, 3.63) is 61.1 Å². The van der Waals surface area contributed by atoms with Crippen molar-refractivity contribution in [3.8, 4) is 5.75 Å². The second kappa shape index (κ2) is 9.33. The molecule has 0 aliphatic heterocycles. The summed E-state index contributed by atoms with van der Waals surface area (Å²) in [5.74, 6) is 0.735. The number of nitrogens with one attached hydrogen (secondary N) is 1. The molecular weight excluding hydrogens is 495 g/mol. The number of hydrogen-bond acceptors (Lipinski definition) is 3. The third-order valence-electron chi connectivity index (χ3n) is 3.54. The summed E-state index contributed by atoms with van der Waals surface area (Å²) >= 11 is 5.77. The average molecular weight is 515 g/mol. The van der Waals surface area contributed by atoms with Crippen molar-refractivity contribution in [2.24, 2.45) is 5.10 Å². The van der Waals surface area contributed by atoms with Gasteiger partial charge in [0.25, 0.3) is 5.91 Å². The minimum absolute atomic E-state index is 0.0786. The molecule has 0 radical (unpaired) electrons. The number of carbonyl (C=O) groups is 1. The van der Waals surface area contributed by atoms with E-state index in [9.17, 15) is 4.79 Å². The first-order chi connectivity index (χ1) is 11.9. The number of carbonyl (C=O) groups excluding carboxylic acids is 1. The summed E-state index contributed by atoms with van der Waals surface area (Å²) in [6, 6.07) is 11.8. The van der Waals surface area contributed by atoms with Crippen LogP contribution in [0.1, 0.15) is 36.5 Å². The molecule has 1 amide bonds. The van der Waals surface area contributed by atoms with E-state index in [2.05, 4.69) is 62.9 Å². The molecule has 0 aliphatic carbocycles. The summed E-state index contributed by atoms with van der Waals surface area (Å²) in [6.45, 7) is 6.10. The van der Waals surface area contributed by atoms with Crippen LogP contribution in [0.25, 0.3) is 0 Å². The average Bonchev–Trinajstić information content (AvgIpc) is 2.57. The molecule has 0 fully saturated rings. The first-order valence-corrected chi connectivity index (χ1v) is 9.74. The number of nitrogens with zero attached hydrogens (tertiary/aromatic N) is 1. The number of hydrogen-bond donors (Lipinski definition) is 1. The third kappa shape index (κ3) is 6.11. The van der Waals surface area contributed by atoms with Crippen molar-refractivity contribution < 1.29 is 9.53 Å². The van der Waals surface area contributed by atoms with Gasteiger partial charge in [0.05, 0.1) is 6.21 Å². The molecule has 0 saturated heterocycles. The Morgan fingerprint density at radius 3 is 2.64 bits per heavy atom. The molecule has 0 aliphatic rings. The van der Waals surface area contributed by atoms with Crippen molar-refractivity contribution in [3.63, 3.8) is 0 Å². The van der Waals surface area contributed by atoms with E-state index in [4.69, 9.17) is 4.74 Å². The predicted octanol–water partition coefficient (Wildman–Crippen LogP) is 5.01. The van der Waals surface area contributed by atoms with E-state index < -0.39 is 0 Å². The number of rotatable bonds is 6. The largest absolute Gasteiger partial charge is 0.483 e. The highest BCUT2D eigenvalue weighted by Gasteiger charge is 2.12. The highest BCUT2D eigenvalue weighted by molar-refractivity contribution is 14.1. The molecular formula is C19H20BrIN2O2. The fourth-order valence-electron chi connectivity index (χ4n) is 2.15. The lowest BCUT2D eigenvalue weighted by atomic mass is 10.0. The highest BCUT2D eigenvalue weighted by atomic mass is 127. The predicted molar refractivity (Wildman–Crippen MR) is 113 cm³/mol. The van der Waals surface area contributed by atoms with Crippen molar-refractivity contribution in [2.45, 2.75) is 26.7 Å². The molecule has 0 bridgehead atoms. The standard InChI is InChI=1S/C19H20BrIN2O2/c1-12(2)16-9-17(20)13(3)8-18(16)25-11-19(24)23-22-10-14-4-6-15(21)7-5-14/h4-10,12H,11H2,1-3H3,(H,23,24). The zero-order chi connectivity index (χ0) is 18.4. The van der Waals surface area contributed by atoms with Crippen molar-refractivity contribution in [2.75, 3.05) is 6.61 Å². The lowest BCUT2D eigenvalue weighted by Crippen LogP contribution is -2.25. The number of hydrazone groups is 1. The van der Waals surface area contributed by atoms with Crippen LogP contribution < -0.4 is 10.2 Å². The zero-order valence-corrected chi connectivity index (χ0v) is 18.1. The Hall–Kier alpha value is -1.41. The minimum Gasteiger partial charge on any atom is -0.483 e. The molecule has 0 unspecified atom stereocenters. The maximum atomic E-state index is 11.9. The van der Waals surface area contributed by atoms with E-state index in [1.165, 1.54) is 0 Å². The SMILES string of the molecule is Cc1cc(OCC(=O)NN=Cc2ccc(I)cc2)c(C(C)C)cc1Br. The van der Waals surface area contributed by atoms with Crippen LogP contribution in [-0.4, -0.2) is 18.7 Å². The summed E-state index contributed by atoms with van der Waals surface area (Å²) in [6.07, 6.45) is 1.61. The number of halogens is 2. The van der Waals surface area contributed by atoms with Crippen LogP contribution in [0.15, 0.2) is 46.0 Å². The second-order valence-corrected chi connectivity index (χ2v) is 8.03. The molecule has 4 nitrogen and oxygen atoms in total. The topological polar surface area (TPSA) is 50.7 Å². The van der Waals surface area contributed by atoms with Crippen molar-refractivity contribution in [1.29, 1.82) is 0 Å². The molecule has 0 saturated carbocycles. The third-order valence-corrected chi connectivity index (χ3v) is 5.12. The molecule has 1 N–H and O–H groups in total. The van der Waals surface area contributed by atoms with Crippen LogP contribution in [0.3, 0.4) is 0 Å². The van der Waals surface area contributed by atoms with Crippen molar-refractivity contribution >= 4 is 50.6 Å². The van der Waals surface area contributed by atoms with Crippen LogP contribution in [0.4, 0.5) is 0 Å². The minimum atomic E-state index is -0.294. The van der Waals surface area contributed by atoms with Gasteiger partial charge in [0.1, 0.15) is 5.75 Å². The van der Waals surface area contributed by atoms with Gasteiger partial charge in [0.2, 0.25) is 0 Å². The molecule has 6 heteroatoms. The normalized spacial score (nSPS) is 11.1. The van der Waals surface area contributed by atoms with Crippen LogP contribution in [0.5, 0.6) is 5.75 Å². The molecule has 0 heterocycles. The fraction of sp³-hybridized carbons (Fsp3) is 0.263. The molecule has 0 spiro atoms. The van der Waals surface area contributed by atoms with Gasteiger partial charge in [-0.2, -0.15) is 5.10 Å². The van der Waals surface area contributed by atoms with Crippen LogP contribution in [0.2, 0.25) is 0 Å². The van der Waals surface area contributed by atoms with E-state index in [1.54, 1.807) is 6.21 Å². The molecule has 0 aromatic heterocycles. The summed E-state index contributed by atoms with van der Waals surface area (Å²) in [7, 11) is 0. The Kier molecular flexibility index (Phi) is 7.43. The van der Waals surface area contributed by atoms with Gasteiger partial charge in [0, 0.05) is 8.04 Å². The van der Waals surface area contributed by atoms with Crippen LogP contribution in [-0.2, 0) is 4.79 Å². The second-order valence-electron chi connectivity index (χ2n) is 5.93. The van der Waals surface area contributed by atoms with E-state index >= 15 is 0 Å². The Balaban J connectivity index is 1.93. The quantitative estimate of drug-likeness (QED) is 0.334. The van der Waals surface area contributed by atoms with E-state index in [0.717, 1.165) is 30.5 Å². The highest BCUT2D eigenvalue weighted by Crippen LogP contribution is 2.32. The summed E-state index contributed by atoms with van der Waals surface area (Å²) in [4.78, 5) is 11.9. The van der Waals surface area contributed by atoms with E-state index in [-0.39, 0.29) is 12.5 Å². The first-order valence-electron chi connectivity index (χ1n) is 7.87. The Morgan fingerprint density at radius 2 is 2.00 bits per heavy atom. The molecule has 2 aromatic carbocycles. The lowest BCUT2D eigenvalue weighted by molar-refractivity contribution is -0.123. The van der Waals surface area contributed by atoms with Gasteiger partial charge in [-0.1, -0.05) is 41.9 Å². The molecule has 0 atom stereocenters. The number of benzene rings is 2. The van der Waals surface area contributed by atoms with Gasteiger partial charge in [-0.3, -0.25) is 4.79 Å². The van der Waals surface area contributed by atoms with Crippen molar-refractivity contribution in [1.82, 2.24) is 5.43 Å². The van der Waals surface area contributed by atoms with Crippen LogP contribution in [0, 0.1) is 10.5 Å². The monoisotopic (exact) mass is 514 g/mol. The smallest absolute Gasteiger partial charge is 0.277 e. The van der Waals surface area contributed by atoms with Gasteiger partial charge < -0.3 is 4.74 Å². The van der Waals surface area contributed by atoms with Crippen LogP contribution >= 0.6 is 38.5 Å². The maximum absolute atomic E-state index is 11.9. The van der Waals surface area contributed by atoms with Gasteiger partial charge in [-0.05, 0) is 76.4 Å².